The molecule has 2 heterocycles. The van der Waals surface area contributed by atoms with Crippen LogP contribution in [0.2, 0.25) is 0 Å². The zero-order valence-corrected chi connectivity index (χ0v) is 13.5. The molecule has 118 valence electrons. The molecule has 0 aliphatic rings. The second-order valence-corrected chi connectivity index (χ2v) is 6.09. The number of nitrogens with zero attached hydrogens (tertiary/aromatic N) is 3. The maximum atomic E-state index is 11.9. The van der Waals surface area contributed by atoms with Crippen molar-refractivity contribution in [1.82, 2.24) is 20.4 Å². The van der Waals surface area contributed by atoms with Crippen LogP contribution in [0.4, 0.5) is 0 Å². The lowest BCUT2D eigenvalue weighted by Crippen LogP contribution is -2.26. The summed E-state index contributed by atoms with van der Waals surface area (Å²) in [4.78, 5) is 20.3. The smallest absolute Gasteiger partial charge is 0.270 e. The lowest BCUT2D eigenvalue weighted by atomic mass is 10.1. The summed E-state index contributed by atoms with van der Waals surface area (Å²) in [6.45, 7) is 2.30. The van der Waals surface area contributed by atoms with Crippen molar-refractivity contribution in [1.29, 1.82) is 0 Å². The summed E-state index contributed by atoms with van der Waals surface area (Å²) in [5, 5.41) is 9.38. The van der Waals surface area contributed by atoms with Crippen LogP contribution in [0.15, 0.2) is 40.2 Å². The van der Waals surface area contributed by atoms with Gasteiger partial charge in [0.05, 0.1) is 5.01 Å². The van der Waals surface area contributed by atoms with Crippen molar-refractivity contribution in [3.05, 3.63) is 63.7 Å². The van der Waals surface area contributed by atoms with E-state index < -0.39 is 0 Å². The van der Waals surface area contributed by atoms with Crippen LogP contribution in [0.3, 0.4) is 0 Å². The summed E-state index contributed by atoms with van der Waals surface area (Å²) in [7, 11) is 0. The molecule has 23 heavy (non-hydrogen) atoms. The van der Waals surface area contributed by atoms with E-state index >= 15 is 0 Å². The lowest BCUT2D eigenvalue weighted by molar-refractivity contribution is 0.0949. The van der Waals surface area contributed by atoms with Crippen molar-refractivity contribution in [2.24, 2.45) is 0 Å². The van der Waals surface area contributed by atoms with Gasteiger partial charge in [-0.25, -0.2) is 4.98 Å². The molecule has 0 fully saturated rings. The van der Waals surface area contributed by atoms with Gasteiger partial charge < -0.3 is 9.84 Å². The molecule has 0 unspecified atom stereocenters. The number of thiazole rings is 1. The third kappa shape index (κ3) is 4.23. The highest BCUT2D eigenvalue weighted by Crippen LogP contribution is 2.08. The van der Waals surface area contributed by atoms with Crippen LogP contribution in [0.25, 0.3) is 0 Å². The van der Waals surface area contributed by atoms with E-state index in [-0.39, 0.29) is 5.91 Å². The third-order valence-electron chi connectivity index (χ3n) is 3.19. The van der Waals surface area contributed by atoms with E-state index in [9.17, 15) is 4.79 Å². The van der Waals surface area contributed by atoms with Crippen LogP contribution in [0.5, 0.6) is 0 Å². The van der Waals surface area contributed by atoms with Gasteiger partial charge in [-0.3, -0.25) is 4.79 Å². The standard InChI is InChI=1S/C16H16N4O2S/c1-11-18-13(10-23-11)16(21)17-8-7-15-19-14(20-22-15)9-12-5-3-2-4-6-12/h2-6,10H,7-9H2,1H3,(H,17,21). The largest absolute Gasteiger partial charge is 0.350 e. The molecule has 0 radical (unpaired) electrons. The third-order valence-corrected chi connectivity index (χ3v) is 3.96. The predicted molar refractivity (Wildman–Crippen MR) is 86.4 cm³/mol. The minimum atomic E-state index is -0.182. The molecule has 0 aliphatic carbocycles. The average molecular weight is 328 g/mol. The second-order valence-electron chi connectivity index (χ2n) is 5.02. The Kier molecular flexibility index (Phi) is 4.77. The van der Waals surface area contributed by atoms with Gasteiger partial charge in [-0.05, 0) is 12.5 Å². The molecule has 0 spiro atoms. The fourth-order valence-corrected chi connectivity index (χ4v) is 2.68. The highest BCUT2D eigenvalue weighted by atomic mass is 32.1. The number of hydrogen-bond donors (Lipinski definition) is 1. The van der Waals surface area contributed by atoms with Gasteiger partial charge in [0.2, 0.25) is 5.89 Å². The Labute approximate surface area is 137 Å². The zero-order valence-electron chi connectivity index (χ0n) is 12.7. The first kappa shape index (κ1) is 15.4. The molecule has 0 atom stereocenters. The van der Waals surface area contributed by atoms with Crippen LogP contribution in [0, 0.1) is 6.92 Å². The Morgan fingerprint density at radius 2 is 2.09 bits per heavy atom. The summed E-state index contributed by atoms with van der Waals surface area (Å²) in [6, 6.07) is 9.97. The Balaban J connectivity index is 1.48. The molecular formula is C16H16N4O2S. The number of nitrogens with one attached hydrogen (secondary N) is 1. The van der Waals surface area contributed by atoms with Crippen LogP contribution in [-0.4, -0.2) is 27.6 Å². The molecule has 0 saturated carbocycles. The van der Waals surface area contributed by atoms with Gasteiger partial charge in [-0.2, -0.15) is 4.98 Å². The first-order valence-corrected chi connectivity index (χ1v) is 8.14. The molecule has 0 saturated heterocycles. The molecule has 0 aliphatic heterocycles. The lowest BCUT2D eigenvalue weighted by Gasteiger charge is -1.99. The summed E-state index contributed by atoms with van der Waals surface area (Å²) >= 11 is 1.45. The van der Waals surface area contributed by atoms with E-state index in [1.807, 2.05) is 37.3 Å². The zero-order chi connectivity index (χ0) is 16.1. The molecule has 3 aromatic rings. The quantitative estimate of drug-likeness (QED) is 0.751. The van der Waals surface area contributed by atoms with Gasteiger partial charge in [0, 0.05) is 24.8 Å². The Bertz CT molecular complexity index is 782. The summed E-state index contributed by atoms with van der Waals surface area (Å²) in [5.74, 6) is 0.983. The van der Waals surface area contributed by atoms with Crippen LogP contribution in [-0.2, 0) is 12.8 Å². The number of aromatic nitrogens is 3. The molecule has 1 N–H and O–H groups in total. The summed E-state index contributed by atoms with van der Waals surface area (Å²) in [5.41, 5.74) is 1.58. The van der Waals surface area contributed by atoms with E-state index in [2.05, 4.69) is 20.4 Å². The Morgan fingerprint density at radius 3 is 2.83 bits per heavy atom. The van der Waals surface area contributed by atoms with Gasteiger partial charge in [-0.15, -0.1) is 11.3 Å². The molecule has 3 rings (SSSR count). The number of aryl methyl sites for hydroxylation is 1. The predicted octanol–water partition coefficient (Wildman–Crippen LogP) is 2.40. The van der Waals surface area contributed by atoms with E-state index in [1.54, 1.807) is 5.38 Å². The van der Waals surface area contributed by atoms with Gasteiger partial charge >= 0.3 is 0 Å². The van der Waals surface area contributed by atoms with E-state index in [4.69, 9.17) is 4.52 Å². The molecule has 0 bridgehead atoms. The Morgan fingerprint density at radius 1 is 1.26 bits per heavy atom. The summed E-state index contributed by atoms with van der Waals surface area (Å²) < 4.78 is 5.20. The highest BCUT2D eigenvalue weighted by Gasteiger charge is 2.10. The first-order chi connectivity index (χ1) is 11.2. The fourth-order valence-electron chi connectivity index (χ4n) is 2.08. The number of benzene rings is 1. The first-order valence-electron chi connectivity index (χ1n) is 7.26. The maximum Gasteiger partial charge on any atom is 0.270 e. The van der Waals surface area contributed by atoms with Crippen LogP contribution < -0.4 is 5.32 Å². The van der Waals surface area contributed by atoms with Crippen LogP contribution in [0.1, 0.15) is 32.8 Å². The molecule has 7 heteroatoms. The second kappa shape index (κ2) is 7.15. The SMILES string of the molecule is Cc1nc(C(=O)NCCc2nc(Cc3ccccc3)no2)cs1. The Hall–Kier alpha value is -2.54. The van der Waals surface area contributed by atoms with E-state index in [1.165, 1.54) is 11.3 Å². The number of carbonyl (C=O) groups is 1. The van der Waals surface area contributed by atoms with Gasteiger partial charge in [0.1, 0.15) is 5.69 Å². The molecule has 1 amide bonds. The van der Waals surface area contributed by atoms with Gasteiger partial charge in [-0.1, -0.05) is 35.5 Å². The maximum absolute atomic E-state index is 11.9. The number of carbonyl (C=O) groups excluding carboxylic acids is 1. The van der Waals surface area contributed by atoms with E-state index in [0.717, 1.165) is 10.6 Å². The number of amides is 1. The molecular weight excluding hydrogens is 312 g/mol. The average Bonchev–Trinajstić information content (AvgIpc) is 3.17. The minimum absolute atomic E-state index is 0.182. The summed E-state index contributed by atoms with van der Waals surface area (Å²) in [6.07, 6.45) is 1.13. The van der Waals surface area contributed by atoms with Gasteiger partial charge in [0.15, 0.2) is 5.82 Å². The molecule has 6 nitrogen and oxygen atoms in total. The van der Waals surface area contributed by atoms with Crippen molar-refractivity contribution in [2.75, 3.05) is 6.54 Å². The van der Waals surface area contributed by atoms with Gasteiger partial charge in [0.25, 0.3) is 5.91 Å². The molecule has 2 aromatic heterocycles. The van der Waals surface area contributed by atoms with Crippen molar-refractivity contribution >= 4 is 17.2 Å². The molecule has 1 aromatic carbocycles. The van der Waals surface area contributed by atoms with Crippen molar-refractivity contribution in [3.63, 3.8) is 0 Å². The number of rotatable bonds is 6. The van der Waals surface area contributed by atoms with Crippen LogP contribution >= 0.6 is 11.3 Å². The monoisotopic (exact) mass is 328 g/mol. The highest BCUT2D eigenvalue weighted by molar-refractivity contribution is 7.09. The van der Waals surface area contributed by atoms with Crippen molar-refractivity contribution in [2.45, 2.75) is 19.8 Å². The minimum Gasteiger partial charge on any atom is -0.350 e. The normalized spacial score (nSPS) is 10.7. The van der Waals surface area contributed by atoms with E-state index in [0.29, 0.717) is 36.8 Å². The van der Waals surface area contributed by atoms with Crippen molar-refractivity contribution < 1.29 is 9.32 Å². The fraction of sp³-hybridized carbons (Fsp3) is 0.250. The number of hydrogen-bond acceptors (Lipinski definition) is 6. The topological polar surface area (TPSA) is 80.9 Å². The van der Waals surface area contributed by atoms with Crippen molar-refractivity contribution in [3.8, 4) is 0 Å².